The maximum atomic E-state index is 11.6. The largest absolute Gasteiger partial charge is 0.392 e. The van der Waals surface area contributed by atoms with E-state index in [2.05, 4.69) is 20.3 Å². The number of rotatable bonds is 5. The number of amides is 1. The minimum Gasteiger partial charge on any atom is -0.392 e. The average Bonchev–Trinajstić information content (AvgIpc) is 2.86. The smallest absolute Gasteiger partial charge is 0.226 e. The molecule has 6 nitrogen and oxygen atoms in total. The third-order valence-corrected chi connectivity index (χ3v) is 3.18. The third-order valence-electron chi connectivity index (χ3n) is 2.27. The first kappa shape index (κ1) is 13.6. The molecule has 1 amide bonds. The van der Waals surface area contributed by atoms with Gasteiger partial charge < -0.3 is 10.4 Å². The first-order valence-electron chi connectivity index (χ1n) is 5.80. The molecule has 0 aliphatic rings. The minimum atomic E-state index is -0.547. The van der Waals surface area contributed by atoms with E-state index in [-0.39, 0.29) is 18.9 Å². The van der Waals surface area contributed by atoms with Crippen LogP contribution in [0.15, 0.2) is 24.0 Å². The van der Waals surface area contributed by atoms with E-state index in [9.17, 15) is 4.79 Å². The molecule has 0 saturated carbocycles. The molecular formula is C12H14N4O2S. The molecule has 1 atom stereocenters. The molecule has 0 fully saturated rings. The number of hydrogen-bond acceptors (Lipinski definition) is 6. The van der Waals surface area contributed by atoms with Gasteiger partial charge in [-0.05, 0) is 6.92 Å². The lowest BCUT2D eigenvalue weighted by Gasteiger charge is -2.05. The summed E-state index contributed by atoms with van der Waals surface area (Å²) in [6, 6.07) is 0. The number of aliphatic hydroxyl groups excluding tert-OH is 1. The van der Waals surface area contributed by atoms with Gasteiger partial charge in [-0.3, -0.25) is 14.8 Å². The summed E-state index contributed by atoms with van der Waals surface area (Å²) in [5.74, 6) is -0.156. The topological polar surface area (TPSA) is 88.0 Å². The lowest BCUT2D eigenvalue weighted by atomic mass is 10.3. The van der Waals surface area contributed by atoms with Gasteiger partial charge in [0.2, 0.25) is 5.91 Å². The number of aromatic nitrogens is 3. The molecule has 7 heteroatoms. The Hall–Kier alpha value is -1.86. The van der Waals surface area contributed by atoms with Crippen molar-refractivity contribution in [1.29, 1.82) is 0 Å². The van der Waals surface area contributed by atoms with Gasteiger partial charge >= 0.3 is 0 Å². The van der Waals surface area contributed by atoms with E-state index >= 15 is 0 Å². The van der Waals surface area contributed by atoms with E-state index in [1.807, 2.05) is 5.38 Å². The molecule has 19 heavy (non-hydrogen) atoms. The Bertz CT molecular complexity index is 542. The van der Waals surface area contributed by atoms with Crippen molar-refractivity contribution >= 4 is 17.2 Å². The van der Waals surface area contributed by atoms with Crippen molar-refractivity contribution in [3.05, 3.63) is 29.7 Å². The fourth-order valence-corrected chi connectivity index (χ4v) is 2.18. The molecular weight excluding hydrogens is 264 g/mol. The van der Waals surface area contributed by atoms with E-state index in [4.69, 9.17) is 5.11 Å². The molecule has 0 aliphatic heterocycles. The second kappa shape index (κ2) is 6.35. The number of hydrogen-bond donors (Lipinski definition) is 2. The molecule has 0 spiro atoms. The number of aliphatic hydroxyl groups is 1. The second-order valence-corrected chi connectivity index (χ2v) is 4.92. The molecule has 2 N–H and O–H groups in total. The van der Waals surface area contributed by atoms with Crippen LogP contribution in [-0.2, 0) is 11.2 Å². The predicted octanol–water partition coefficient (Wildman–Crippen LogP) is 0.640. The standard InChI is InChI=1S/C12H14N4O2S/c1-8(17)5-15-11(18)4-9-7-19-12(16-9)10-6-13-2-3-14-10/h2-3,6-8,17H,4-5H2,1H3,(H,15,18). The van der Waals surface area contributed by atoms with Crippen LogP contribution in [0.5, 0.6) is 0 Å². The molecule has 0 aromatic carbocycles. The Morgan fingerprint density at radius 2 is 2.37 bits per heavy atom. The highest BCUT2D eigenvalue weighted by Gasteiger charge is 2.10. The first-order valence-corrected chi connectivity index (χ1v) is 6.68. The van der Waals surface area contributed by atoms with Gasteiger partial charge in [0.05, 0.1) is 24.4 Å². The molecule has 0 radical (unpaired) electrons. The van der Waals surface area contributed by atoms with Gasteiger partial charge in [0.25, 0.3) is 0 Å². The van der Waals surface area contributed by atoms with E-state index in [1.54, 1.807) is 25.5 Å². The molecule has 2 aromatic heterocycles. The molecule has 100 valence electrons. The van der Waals surface area contributed by atoms with Gasteiger partial charge in [0.1, 0.15) is 10.7 Å². The fraction of sp³-hybridized carbons (Fsp3) is 0.333. The maximum absolute atomic E-state index is 11.6. The molecule has 2 rings (SSSR count). The van der Waals surface area contributed by atoms with Crippen molar-refractivity contribution in [1.82, 2.24) is 20.3 Å². The van der Waals surface area contributed by atoms with Gasteiger partial charge in [0, 0.05) is 24.3 Å². The molecule has 2 heterocycles. The van der Waals surface area contributed by atoms with Crippen molar-refractivity contribution in [3.63, 3.8) is 0 Å². The van der Waals surface area contributed by atoms with Crippen LogP contribution in [-0.4, -0.2) is 38.6 Å². The first-order chi connectivity index (χ1) is 9.15. The van der Waals surface area contributed by atoms with Crippen LogP contribution in [0.1, 0.15) is 12.6 Å². The van der Waals surface area contributed by atoms with Gasteiger partial charge in [-0.15, -0.1) is 11.3 Å². The van der Waals surface area contributed by atoms with Crippen LogP contribution >= 0.6 is 11.3 Å². The zero-order valence-electron chi connectivity index (χ0n) is 10.4. The molecule has 1 unspecified atom stereocenters. The summed E-state index contributed by atoms with van der Waals surface area (Å²) in [6.07, 6.45) is 4.49. The number of thiazole rings is 1. The molecule has 0 saturated heterocycles. The summed E-state index contributed by atoms with van der Waals surface area (Å²) < 4.78 is 0. The van der Waals surface area contributed by atoms with Crippen molar-refractivity contribution in [3.8, 4) is 10.7 Å². The van der Waals surface area contributed by atoms with Crippen LogP contribution in [0.4, 0.5) is 0 Å². The van der Waals surface area contributed by atoms with E-state index in [0.29, 0.717) is 11.4 Å². The lowest BCUT2D eigenvalue weighted by molar-refractivity contribution is -0.120. The van der Waals surface area contributed by atoms with Crippen molar-refractivity contribution < 1.29 is 9.90 Å². The summed E-state index contributed by atoms with van der Waals surface area (Å²) in [7, 11) is 0. The van der Waals surface area contributed by atoms with E-state index in [0.717, 1.165) is 5.01 Å². The van der Waals surface area contributed by atoms with Crippen molar-refractivity contribution in [2.45, 2.75) is 19.4 Å². The number of nitrogens with one attached hydrogen (secondary N) is 1. The Balaban J connectivity index is 1.96. The van der Waals surface area contributed by atoms with Gasteiger partial charge in [-0.1, -0.05) is 0 Å². The zero-order chi connectivity index (χ0) is 13.7. The number of carbonyl (C=O) groups is 1. The Morgan fingerprint density at radius 1 is 1.53 bits per heavy atom. The van der Waals surface area contributed by atoms with Crippen LogP contribution in [0.3, 0.4) is 0 Å². The van der Waals surface area contributed by atoms with Crippen LogP contribution < -0.4 is 5.32 Å². The van der Waals surface area contributed by atoms with Gasteiger partial charge in [-0.2, -0.15) is 0 Å². The van der Waals surface area contributed by atoms with Crippen molar-refractivity contribution in [2.24, 2.45) is 0 Å². The Kier molecular flexibility index (Phi) is 4.53. The van der Waals surface area contributed by atoms with Crippen LogP contribution in [0, 0.1) is 0 Å². The van der Waals surface area contributed by atoms with E-state index in [1.165, 1.54) is 11.3 Å². The zero-order valence-corrected chi connectivity index (χ0v) is 11.2. The highest BCUT2D eigenvalue weighted by Crippen LogP contribution is 2.20. The SMILES string of the molecule is CC(O)CNC(=O)Cc1csc(-c2cnccn2)n1. The highest BCUT2D eigenvalue weighted by atomic mass is 32.1. The lowest BCUT2D eigenvalue weighted by Crippen LogP contribution is -2.31. The third kappa shape index (κ3) is 4.08. The number of carbonyl (C=O) groups excluding carboxylic acids is 1. The van der Waals surface area contributed by atoms with Crippen molar-refractivity contribution in [2.75, 3.05) is 6.54 Å². The average molecular weight is 278 g/mol. The highest BCUT2D eigenvalue weighted by molar-refractivity contribution is 7.13. The summed E-state index contributed by atoms with van der Waals surface area (Å²) >= 11 is 1.43. The summed E-state index contributed by atoms with van der Waals surface area (Å²) in [6.45, 7) is 1.87. The number of nitrogens with zero attached hydrogens (tertiary/aromatic N) is 3. The Morgan fingerprint density at radius 3 is 3.05 bits per heavy atom. The minimum absolute atomic E-state index is 0.156. The summed E-state index contributed by atoms with van der Waals surface area (Å²) in [4.78, 5) is 24.0. The van der Waals surface area contributed by atoms with Crippen LogP contribution in [0.25, 0.3) is 10.7 Å². The van der Waals surface area contributed by atoms with Crippen LogP contribution in [0.2, 0.25) is 0 Å². The van der Waals surface area contributed by atoms with Gasteiger partial charge in [-0.25, -0.2) is 4.98 Å². The predicted molar refractivity (Wildman–Crippen MR) is 71.5 cm³/mol. The maximum Gasteiger partial charge on any atom is 0.226 e. The summed E-state index contributed by atoms with van der Waals surface area (Å²) in [5.41, 5.74) is 1.39. The van der Waals surface area contributed by atoms with E-state index < -0.39 is 6.10 Å². The second-order valence-electron chi connectivity index (χ2n) is 4.06. The Labute approximate surface area is 114 Å². The molecule has 0 aliphatic carbocycles. The van der Waals surface area contributed by atoms with Gasteiger partial charge in [0.15, 0.2) is 0 Å². The molecule has 2 aromatic rings. The summed E-state index contributed by atoms with van der Waals surface area (Å²) in [5, 5.41) is 14.3. The quantitative estimate of drug-likeness (QED) is 0.838. The molecule has 0 bridgehead atoms. The normalized spacial score (nSPS) is 12.1. The fourth-order valence-electron chi connectivity index (χ4n) is 1.40. The monoisotopic (exact) mass is 278 g/mol.